The van der Waals surface area contributed by atoms with Crippen molar-refractivity contribution < 1.29 is 10.2 Å². The topological polar surface area (TPSA) is 87.5 Å². The summed E-state index contributed by atoms with van der Waals surface area (Å²) in [4.78, 5) is 0. The van der Waals surface area contributed by atoms with Crippen molar-refractivity contribution in [2.75, 3.05) is 13.2 Å². The average Bonchev–Trinajstić information content (AvgIpc) is 2.16. The van der Waals surface area contributed by atoms with Gasteiger partial charge in [0.15, 0.2) is 0 Å². The van der Waals surface area contributed by atoms with E-state index < -0.39 is 0 Å². The highest BCUT2D eigenvalue weighted by molar-refractivity contribution is 4.76. The highest BCUT2D eigenvalue weighted by Crippen LogP contribution is 2.17. The van der Waals surface area contributed by atoms with Crippen LogP contribution in [0.5, 0.6) is 0 Å². The second-order valence-corrected chi connectivity index (χ2v) is 3.56. The lowest BCUT2D eigenvalue weighted by Gasteiger charge is -2.26. The maximum Gasteiger partial charge on any atom is 0.0607 e. The predicted octanol–water partition coefficient (Wildman–Crippen LogP) is 0.424. The van der Waals surface area contributed by atoms with Crippen molar-refractivity contribution >= 4 is 0 Å². The van der Waals surface area contributed by atoms with Gasteiger partial charge in [0.2, 0.25) is 0 Å². The molecule has 1 aliphatic rings. The molecular formula is C9H22N2O2. The van der Waals surface area contributed by atoms with Crippen LogP contribution < -0.4 is 11.5 Å². The van der Waals surface area contributed by atoms with E-state index in [1.165, 1.54) is 32.1 Å². The van der Waals surface area contributed by atoms with Gasteiger partial charge in [0.05, 0.1) is 19.3 Å². The van der Waals surface area contributed by atoms with Gasteiger partial charge in [-0.25, -0.2) is 0 Å². The van der Waals surface area contributed by atoms with Crippen molar-refractivity contribution in [2.45, 2.75) is 44.2 Å². The molecule has 1 fully saturated rings. The fourth-order valence-electron chi connectivity index (χ4n) is 1.77. The summed E-state index contributed by atoms with van der Waals surface area (Å²) >= 11 is 0. The lowest BCUT2D eigenvalue weighted by Crippen LogP contribution is -2.43. The minimum atomic E-state index is -0.118. The molecule has 1 aliphatic carbocycles. The fourth-order valence-corrected chi connectivity index (χ4v) is 1.77. The number of aliphatic hydroxyl groups excluding tert-OH is 2. The van der Waals surface area contributed by atoms with Crippen LogP contribution in [0.3, 0.4) is 0 Å². The van der Waals surface area contributed by atoms with Gasteiger partial charge in [-0.3, -0.25) is 0 Å². The van der Waals surface area contributed by atoms with E-state index in [1.807, 2.05) is 0 Å². The highest BCUT2D eigenvalue weighted by Gasteiger charge is 2.16. The van der Waals surface area contributed by atoms with Crippen LogP contribution >= 0.6 is 0 Å². The molecule has 0 aromatic rings. The van der Waals surface area contributed by atoms with Gasteiger partial charge in [-0.05, 0) is 12.8 Å². The van der Waals surface area contributed by atoms with E-state index in [2.05, 4.69) is 5.32 Å². The van der Waals surface area contributed by atoms with Gasteiger partial charge in [0.25, 0.3) is 0 Å². The molecule has 0 atom stereocenters. The van der Waals surface area contributed by atoms with Crippen molar-refractivity contribution in [2.24, 2.45) is 0 Å². The van der Waals surface area contributed by atoms with Gasteiger partial charge in [-0.2, -0.15) is 0 Å². The monoisotopic (exact) mass is 190 g/mol. The summed E-state index contributed by atoms with van der Waals surface area (Å²) in [5, 5.41) is 20.9. The standard InChI is InChI=1S/C9H19NO2.H3N/c11-6-9(7-12)10-8-4-2-1-3-5-8;/h8-12H,1-7H2;1H3. The van der Waals surface area contributed by atoms with Crippen LogP contribution in [0.15, 0.2) is 0 Å². The van der Waals surface area contributed by atoms with E-state index in [4.69, 9.17) is 10.2 Å². The van der Waals surface area contributed by atoms with Gasteiger partial charge in [-0.15, -0.1) is 0 Å². The number of nitrogens with one attached hydrogen (secondary N) is 1. The van der Waals surface area contributed by atoms with Crippen LogP contribution in [-0.4, -0.2) is 35.5 Å². The molecule has 0 spiro atoms. The Morgan fingerprint density at radius 3 is 2.08 bits per heavy atom. The summed E-state index contributed by atoms with van der Waals surface area (Å²) in [5.41, 5.74) is 0. The summed E-state index contributed by atoms with van der Waals surface area (Å²) in [6.07, 6.45) is 6.27. The van der Waals surface area contributed by atoms with E-state index in [9.17, 15) is 0 Å². The molecular weight excluding hydrogens is 168 g/mol. The minimum absolute atomic E-state index is 0. The molecule has 0 heterocycles. The molecule has 0 bridgehead atoms. The highest BCUT2D eigenvalue weighted by atomic mass is 16.3. The Hall–Kier alpha value is -0.160. The molecule has 4 heteroatoms. The van der Waals surface area contributed by atoms with Crippen LogP contribution in [0, 0.1) is 0 Å². The molecule has 1 saturated carbocycles. The van der Waals surface area contributed by atoms with Gasteiger partial charge in [0, 0.05) is 6.04 Å². The summed E-state index contributed by atoms with van der Waals surface area (Å²) in [5.74, 6) is 0. The predicted molar refractivity (Wildman–Crippen MR) is 53.0 cm³/mol. The van der Waals surface area contributed by atoms with Crippen LogP contribution in [0.1, 0.15) is 32.1 Å². The molecule has 1 rings (SSSR count). The SMILES string of the molecule is N.OCC(CO)NC1CCCCC1. The van der Waals surface area contributed by atoms with Crippen LogP contribution in [0.2, 0.25) is 0 Å². The lowest BCUT2D eigenvalue weighted by atomic mass is 9.95. The van der Waals surface area contributed by atoms with Crippen molar-refractivity contribution in [3.05, 3.63) is 0 Å². The third-order valence-corrected chi connectivity index (χ3v) is 2.52. The zero-order valence-corrected chi connectivity index (χ0v) is 8.21. The molecule has 13 heavy (non-hydrogen) atoms. The smallest absolute Gasteiger partial charge is 0.0607 e. The zero-order valence-electron chi connectivity index (χ0n) is 8.21. The second-order valence-electron chi connectivity index (χ2n) is 3.56. The minimum Gasteiger partial charge on any atom is -0.395 e. The number of hydrogen-bond donors (Lipinski definition) is 4. The third-order valence-electron chi connectivity index (χ3n) is 2.52. The van der Waals surface area contributed by atoms with Crippen molar-refractivity contribution in [3.63, 3.8) is 0 Å². The van der Waals surface area contributed by atoms with E-state index in [-0.39, 0.29) is 25.4 Å². The first-order chi connectivity index (χ1) is 5.86. The molecule has 0 aliphatic heterocycles. The Labute approximate surface area is 79.9 Å². The van der Waals surface area contributed by atoms with E-state index >= 15 is 0 Å². The number of hydrogen-bond acceptors (Lipinski definition) is 4. The molecule has 0 amide bonds. The Morgan fingerprint density at radius 1 is 1.08 bits per heavy atom. The first-order valence-corrected chi connectivity index (χ1v) is 4.84. The van der Waals surface area contributed by atoms with Gasteiger partial charge in [0.1, 0.15) is 0 Å². The fraction of sp³-hybridized carbons (Fsp3) is 1.00. The van der Waals surface area contributed by atoms with Crippen molar-refractivity contribution in [1.82, 2.24) is 11.5 Å². The number of aliphatic hydroxyl groups is 2. The summed E-state index contributed by atoms with van der Waals surface area (Å²) in [6.45, 7) is 0.0694. The van der Waals surface area contributed by atoms with Crippen LogP contribution in [0.25, 0.3) is 0 Å². The number of rotatable bonds is 4. The van der Waals surface area contributed by atoms with E-state index in [0.29, 0.717) is 6.04 Å². The third kappa shape index (κ3) is 4.57. The molecule has 0 aromatic carbocycles. The molecule has 6 N–H and O–H groups in total. The van der Waals surface area contributed by atoms with E-state index in [1.54, 1.807) is 0 Å². The van der Waals surface area contributed by atoms with Gasteiger partial charge in [-0.1, -0.05) is 19.3 Å². The van der Waals surface area contributed by atoms with Crippen LogP contribution in [0.4, 0.5) is 0 Å². The molecule has 0 unspecified atom stereocenters. The normalized spacial score (nSPS) is 18.7. The Morgan fingerprint density at radius 2 is 1.62 bits per heavy atom. The van der Waals surface area contributed by atoms with Gasteiger partial charge >= 0.3 is 0 Å². The zero-order chi connectivity index (χ0) is 8.81. The molecule has 0 saturated heterocycles. The van der Waals surface area contributed by atoms with Gasteiger partial charge < -0.3 is 21.7 Å². The molecule has 0 aromatic heterocycles. The second kappa shape index (κ2) is 7.26. The average molecular weight is 190 g/mol. The largest absolute Gasteiger partial charge is 0.395 e. The lowest BCUT2D eigenvalue weighted by molar-refractivity contribution is 0.155. The first-order valence-electron chi connectivity index (χ1n) is 4.84. The summed E-state index contributed by atoms with van der Waals surface area (Å²) < 4.78 is 0. The molecule has 0 radical (unpaired) electrons. The Kier molecular flexibility index (Phi) is 7.17. The maximum absolute atomic E-state index is 8.83. The van der Waals surface area contributed by atoms with Crippen molar-refractivity contribution in [1.29, 1.82) is 0 Å². The summed E-state index contributed by atoms with van der Waals surface area (Å²) in [7, 11) is 0. The molecule has 4 nitrogen and oxygen atoms in total. The van der Waals surface area contributed by atoms with Crippen molar-refractivity contribution in [3.8, 4) is 0 Å². The Balaban J connectivity index is 0.00000144. The van der Waals surface area contributed by atoms with E-state index in [0.717, 1.165) is 0 Å². The maximum atomic E-state index is 8.83. The quantitative estimate of drug-likeness (QED) is 0.517. The first kappa shape index (κ1) is 12.8. The van der Waals surface area contributed by atoms with Crippen LogP contribution in [-0.2, 0) is 0 Å². The summed E-state index contributed by atoms with van der Waals surface area (Å²) in [6, 6.07) is 0.399. The molecule has 80 valence electrons. The Bertz CT molecular complexity index is 112.